The molecule has 1 aromatic rings. The highest BCUT2D eigenvalue weighted by Gasteiger charge is 2.31. The summed E-state index contributed by atoms with van der Waals surface area (Å²) in [7, 11) is 1.67. The van der Waals surface area contributed by atoms with Crippen LogP contribution in [-0.2, 0) is 6.54 Å². The molecule has 0 bridgehead atoms. The second kappa shape index (κ2) is 7.04. The van der Waals surface area contributed by atoms with Crippen LogP contribution in [0.4, 0.5) is 0 Å². The molecule has 20 heavy (non-hydrogen) atoms. The van der Waals surface area contributed by atoms with E-state index in [0.29, 0.717) is 23.9 Å². The molecule has 0 radical (unpaired) electrons. The molecule has 0 aromatic carbocycles. The fourth-order valence-corrected chi connectivity index (χ4v) is 3.11. The zero-order chi connectivity index (χ0) is 14.5. The molecule has 1 N–H and O–H groups in total. The van der Waals surface area contributed by atoms with E-state index in [4.69, 9.17) is 4.74 Å². The van der Waals surface area contributed by atoms with E-state index in [1.165, 1.54) is 12.0 Å². The average molecular weight is 277 g/mol. The Kier molecular flexibility index (Phi) is 5.38. The van der Waals surface area contributed by atoms with Gasteiger partial charge >= 0.3 is 0 Å². The van der Waals surface area contributed by atoms with E-state index in [1.807, 2.05) is 12.3 Å². The number of nitrogens with zero attached hydrogens (tertiary/aromatic N) is 2. The summed E-state index contributed by atoms with van der Waals surface area (Å²) >= 11 is 0. The second-order valence-electron chi connectivity index (χ2n) is 5.73. The fraction of sp³-hybridized carbons (Fsp3) is 0.688. The zero-order valence-electron chi connectivity index (χ0n) is 13.1. The van der Waals surface area contributed by atoms with E-state index in [9.17, 15) is 0 Å². The summed E-state index contributed by atoms with van der Waals surface area (Å²) in [6, 6.07) is 5.36. The van der Waals surface area contributed by atoms with Crippen molar-refractivity contribution in [1.82, 2.24) is 15.2 Å². The lowest BCUT2D eigenvalue weighted by Gasteiger charge is -2.43. The molecular weight excluding hydrogens is 250 g/mol. The highest BCUT2D eigenvalue weighted by atomic mass is 16.5. The van der Waals surface area contributed by atoms with Crippen LogP contribution < -0.4 is 10.1 Å². The number of likely N-dealkylation sites (tertiary alicyclic amines) is 1. The van der Waals surface area contributed by atoms with Crippen LogP contribution >= 0.6 is 0 Å². The third-order valence-corrected chi connectivity index (χ3v) is 4.56. The molecule has 1 fully saturated rings. The molecule has 0 spiro atoms. The molecule has 1 saturated heterocycles. The Balaban J connectivity index is 1.99. The molecule has 0 saturated carbocycles. The van der Waals surface area contributed by atoms with Crippen molar-refractivity contribution in [2.75, 3.05) is 20.2 Å². The van der Waals surface area contributed by atoms with E-state index < -0.39 is 0 Å². The number of methoxy groups -OCH3 is 1. The lowest BCUT2D eigenvalue weighted by molar-refractivity contribution is 0.0789. The van der Waals surface area contributed by atoms with Gasteiger partial charge in [0, 0.05) is 37.4 Å². The van der Waals surface area contributed by atoms with Crippen molar-refractivity contribution in [3.63, 3.8) is 0 Å². The molecular formula is C16H27N3O. The smallest absolute Gasteiger partial charge is 0.213 e. The summed E-state index contributed by atoms with van der Waals surface area (Å²) in [5.74, 6) is 1.37. The summed E-state index contributed by atoms with van der Waals surface area (Å²) in [6.07, 6.45) is 3.05. The molecule has 2 heterocycles. The van der Waals surface area contributed by atoms with Crippen LogP contribution in [-0.4, -0.2) is 42.2 Å². The Labute approximate surface area is 122 Å². The maximum absolute atomic E-state index is 5.20. The molecule has 1 aromatic heterocycles. The number of hydrogen-bond donors (Lipinski definition) is 1. The number of piperidine rings is 1. The number of pyridine rings is 1. The highest BCUT2D eigenvalue weighted by Crippen LogP contribution is 2.25. The van der Waals surface area contributed by atoms with Crippen LogP contribution in [0.25, 0.3) is 0 Å². The first-order chi connectivity index (χ1) is 9.65. The minimum absolute atomic E-state index is 0.590. The van der Waals surface area contributed by atoms with Crippen molar-refractivity contribution >= 4 is 0 Å². The van der Waals surface area contributed by atoms with Gasteiger partial charge in [-0.25, -0.2) is 4.98 Å². The van der Waals surface area contributed by atoms with E-state index in [1.54, 1.807) is 7.11 Å². The molecule has 112 valence electrons. The van der Waals surface area contributed by atoms with Crippen molar-refractivity contribution < 1.29 is 4.74 Å². The second-order valence-corrected chi connectivity index (χ2v) is 5.73. The normalized spacial score (nSPS) is 27.5. The number of hydrogen-bond acceptors (Lipinski definition) is 4. The molecule has 4 nitrogen and oxygen atoms in total. The standard InChI is InChI=1S/C16H27N3O/c1-5-17-15-7-9-19(13(3)12(15)2)11-14-6-8-18-16(10-14)20-4/h6,8,10,12-13,15,17H,5,7,9,11H2,1-4H3. The van der Waals surface area contributed by atoms with Gasteiger partial charge in [0.05, 0.1) is 7.11 Å². The molecule has 3 atom stereocenters. The molecule has 0 amide bonds. The molecule has 4 heteroatoms. The Morgan fingerprint density at radius 1 is 1.45 bits per heavy atom. The first-order valence-corrected chi connectivity index (χ1v) is 7.62. The lowest BCUT2D eigenvalue weighted by Crippen LogP contribution is -2.52. The van der Waals surface area contributed by atoms with E-state index in [0.717, 1.165) is 19.6 Å². The molecule has 1 aliphatic heterocycles. The van der Waals surface area contributed by atoms with Crippen molar-refractivity contribution in [1.29, 1.82) is 0 Å². The summed E-state index contributed by atoms with van der Waals surface area (Å²) < 4.78 is 5.20. The monoisotopic (exact) mass is 277 g/mol. The molecule has 1 aliphatic rings. The number of ether oxygens (including phenoxy) is 1. The first-order valence-electron chi connectivity index (χ1n) is 7.62. The van der Waals surface area contributed by atoms with Gasteiger partial charge in [-0.1, -0.05) is 13.8 Å². The van der Waals surface area contributed by atoms with Crippen LogP contribution in [0.2, 0.25) is 0 Å². The van der Waals surface area contributed by atoms with Gasteiger partial charge in [0.15, 0.2) is 0 Å². The number of rotatable bonds is 5. The minimum atomic E-state index is 0.590. The van der Waals surface area contributed by atoms with Gasteiger partial charge < -0.3 is 10.1 Å². The Bertz CT molecular complexity index is 424. The van der Waals surface area contributed by atoms with Crippen LogP contribution in [0.1, 0.15) is 32.8 Å². The van der Waals surface area contributed by atoms with Gasteiger partial charge in [0.2, 0.25) is 5.88 Å². The van der Waals surface area contributed by atoms with Crippen molar-refractivity contribution in [3.05, 3.63) is 23.9 Å². The quantitative estimate of drug-likeness (QED) is 0.896. The summed E-state index contributed by atoms with van der Waals surface area (Å²) in [5.41, 5.74) is 1.28. The fourth-order valence-electron chi connectivity index (χ4n) is 3.11. The first kappa shape index (κ1) is 15.3. The van der Waals surface area contributed by atoms with Gasteiger partial charge in [-0.05, 0) is 37.4 Å². The van der Waals surface area contributed by atoms with Gasteiger partial charge in [-0.2, -0.15) is 0 Å². The van der Waals surface area contributed by atoms with Crippen molar-refractivity contribution in [2.45, 2.75) is 45.8 Å². The molecule has 3 unspecified atom stereocenters. The molecule has 0 aliphatic carbocycles. The van der Waals surface area contributed by atoms with Crippen molar-refractivity contribution in [3.8, 4) is 5.88 Å². The van der Waals surface area contributed by atoms with Gasteiger partial charge in [-0.15, -0.1) is 0 Å². The number of nitrogens with one attached hydrogen (secondary N) is 1. The number of aromatic nitrogens is 1. The van der Waals surface area contributed by atoms with E-state index in [-0.39, 0.29) is 0 Å². The summed E-state index contributed by atoms with van der Waals surface area (Å²) in [4.78, 5) is 6.73. The van der Waals surface area contributed by atoms with Crippen LogP contribution in [0.15, 0.2) is 18.3 Å². The Morgan fingerprint density at radius 3 is 2.95 bits per heavy atom. The summed E-state index contributed by atoms with van der Waals surface area (Å²) in [5, 5.41) is 3.61. The minimum Gasteiger partial charge on any atom is -0.481 e. The van der Waals surface area contributed by atoms with E-state index >= 15 is 0 Å². The Hall–Kier alpha value is -1.13. The maximum Gasteiger partial charge on any atom is 0.213 e. The molecule has 2 rings (SSSR count). The predicted octanol–water partition coefficient (Wildman–Crippen LogP) is 2.30. The topological polar surface area (TPSA) is 37.4 Å². The van der Waals surface area contributed by atoms with E-state index in [2.05, 4.69) is 42.0 Å². The van der Waals surface area contributed by atoms with Crippen LogP contribution in [0, 0.1) is 5.92 Å². The van der Waals surface area contributed by atoms with Gasteiger partial charge in [0.25, 0.3) is 0 Å². The average Bonchev–Trinajstić information content (AvgIpc) is 2.47. The SMILES string of the molecule is CCNC1CCN(Cc2ccnc(OC)c2)C(C)C1C. The van der Waals surface area contributed by atoms with Gasteiger partial charge in [-0.3, -0.25) is 4.90 Å². The third-order valence-electron chi connectivity index (χ3n) is 4.56. The maximum atomic E-state index is 5.20. The summed E-state index contributed by atoms with van der Waals surface area (Å²) in [6.45, 7) is 10.1. The Morgan fingerprint density at radius 2 is 2.25 bits per heavy atom. The lowest BCUT2D eigenvalue weighted by atomic mass is 9.86. The van der Waals surface area contributed by atoms with Crippen molar-refractivity contribution in [2.24, 2.45) is 5.92 Å². The third kappa shape index (κ3) is 3.49. The van der Waals surface area contributed by atoms with Gasteiger partial charge in [0.1, 0.15) is 0 Å². The van der Waals surface area contributed by atoms with Crippen LogP contribution in [0.5, 0.6) is 5.88 Å². The zero-order valence-corrected chi connectivity index (χ0v) is 13.1. The largest absolute Gasteiger partial charge is 0.481 e. The highest BCUT2D eigenvalue weighted by molar-refractivity contribution is 5.20. The predicted molar refractivity (Wildman–Crippen MR) is 81.9 cm³/mol. The van der Waals surface area contributed by atoms with Crippen LogP contribution in [0.3, 0.4) is 0 Å².